The third kappa shape index (κ3) is 4.59. The summed E-state index contributed by atoms with van der Waals surface area (Å²) in [5.74, 6) is 0. The Morgan fingerprint density at radius 3 is 1.42 bits per heavy atom. The lowest BCUT2D eigenvalue weighted by Gasteiger charge is -2.15. The third-order valence-corrected chi connectivity index (χ3v) is 10.3. The van der Waals surface area contributed by atoms with Crippen LogP contribution in [0.3, 0.4) is 0 Å². The van der Waals surface area contributed by atoms with Crippen LogP contribution in [0.25, 0.3) is 93.2 Å². The highest BCUT2D eigenvalue weighted by Gasteiger charge is 2.22. The quantitative estimate of drug-likeness (QED) is 0.163. The Labute approximate surface area is 301 Å². The van der Waals surface area contributed by atoms with Crippen LogP contribution in [0.2, 0.25) is 0 Å². The SMILES string of the molecule is [C-]#[N+]c1c(-c2ccccc2)cc(-c2ccccc2)cc1-c1ccc2c3c4c5ccccc5n(-c5ccccc5)c4ccc3n(-c3ccccc3)c2c1. The molecule has 0 fully saturated rings. The highest BCUT2D eigenvalue weighted by molar-refractivity contribution is 6.29. The van der Waals surface area contributed by atoms with Gasteiger partial charge >= 0.3 is 0 Å². The van der Waals surface area contributed by atoms with Gasteiger partial charge in [0.05, 0.1) is 28.6 Å². The van der Waals surface area contributed by atoms with Crippen molar-refractivity contribution in [3.05, 3.63) is 199 Å². The van der Waals surface area contributed by atoms with Gasteiger partial charge in [0.1, 0.15) is 0 Å². The van der Waals surface area contributed by atoms with Crippen molar-refractivity contribution in [1.29, 1.82) is 0 Å². The zero-order valence-electron chi connectivity index (χ0n) is 28.2. The van der Waals surface area contributed by atoms with Crippen molar-refractivity contribution in [2.24, 2.45) is 0 Å². The Kier molecular flexibility index (Phi) is 6.87. The van der Waals surface area contributed by atoms with Crippen LogP contribution in [0, 0.1) is 6.57 Å². The van der Waals surface area contributed by atoms with E-state index in [0.29, 0.717) is 5.69 Å². The molecule has 0 spiro atoms. The maximum absolute atomic E-state index is 8.48. The molecule has 0 saturated heterocycles. The first-order valence-corrected chi connectivity index (χ1v) is 17.6. The summed E-state index contributed by atoms with van der Waals surface area (Å²) >= 11 is 0. The number of nitrogens with zero attached hydrogens (tertiary/aromatic N) is 3. The van der Waals surface area contributed by atoms with E-state index in [0.717, 1.165) is 55.8 Å². The second-order valence-corrected chi connectivity index (χ2v) is 13.2. The standard InChI is InChI=1S/C49H31N3/c1-50-49-41(34-18-8-3-9-19-34)30-36(33-16-6-2-7-17-33)31-42(49)35-26-27-40-46(32-35)52(38-22-12-5-13-23-38)45-29-28-44-47(48(40)45)39-24-14-15-25-43(39)51(44)37-20-10-4-11-21-37/h2-32H. The van der Waals surface area contributed by atoms with Gasteiger partial charge in [-0.2, -0.15) is 0 Å². The molecular weight excluding hydrogens is 631 g/mol. The molecule has 52 heavy (non-hydrogen) atoms. The Morgan fingerprint density at radius 2 is 0.827 bits per heavy atom. The molecule has 0 saturated carbocycles. The van der Waals surface area contributed by atoms with Crippen molar-refractivity contribution in [2.75, 3.05) is 0 Å². The van der Waals surface area contributed by atoms with Crippen molar-refractivity contribution in [2.45, 2.75) is 0 Å². The second-order valence-electron chi connectivity index (χ2n) is 13.2. The molecule has 2 heterocycles. The number of fused-ring (bicyclic) bond motifs is 7. The Balaban J connectivity index is 1.31. The van der Waals surface area contributed by atoms with Gasteiger partial charge in [-0.3, -0.25) is 0 Å². The highest BCUT2D eigenvalue weighted by Crippen LogP contribution is 2.46. The minimum absolute atomic E-state index is 0.654. The van der Waals surface area contributed by atoms with E-state index < -0.39 is 0 Å². The molecule has 0 atom stereocenters. The summed E-state index contributed by atoms with van der Waals surface area (Å²) in [6.45, 7) is 8.48. The fraction of sp³-hybridized carbons (Fsp3) is 0. The second kappa shape index (κ2) is 12.0. The third-order valence-electron chi connectivity index (χ3n) is 10.3. The average molecular weight is 662 g/mol. The van der Waals surface area contributed by atoms with Gasteiger partial charge in [-0.25, -0.2) is 4.85 Å². The molecule has 0 aliphatic carbocycles. The van der Waals surface area contributed by atoms with Gasteiger partial charge in [0.2, 0.25) is 5.69 Å². The zero-order chi connectivity index (χ0) is 34.6. The van der Waals surface area contributed by atoms with E-state index in [1.807, 2.05) is 24.3 Å². The van der Waals surface area contributed by atoms with Gasteiger partial charge in [0.15, 0.2) is 0 Å². The van der Waals surface area contributed by atoms with Gasteiger partial charge < -0.3 is 9.13 Å². The van der Waals surface area contributed by atoms with Gasteiger partial charge in [-0.15, -0.1) is 0 Å². The first-order valence-electron chi connectivity index (χ1n) is 17.6. The van der Waals surface area contributed by atoms with Crippen molar-refractivity contribution in [3.63, 3.8) is 0 Å². The summed E-state index contributed by atoms with van der Waals surface area (Å²) in [4.78, 5) is 4.21. The summed E-state index contributed by atoms with van der Waals surface area (Å²) in [5.41, 5.74) is 13.6. The van der Waals surface area contributed by atoms with E-state index in [4.69, 9.17) is 6.57 Å². The normalized spacial score (nSPS) is 11.4. The molecule has 0 amide bonds. The summed E-state index contributed by atoms with van der Waals surface area (Å²) in [5, 5.41) is 4.86. The Morgan fingerprint density at radius 1 is 0.346 bits per heavy atom. The van der Waals surface area contributed by atoms with E-state index in [1.165, 1.54) is 32.6 Å². The topological polar surface area (TPSA) is 14.2 Å². The summed E-state index contributed by atoms with van der Waals surface area (Å²) in [6.07, 6.45) is 0. The lowest BCUT2D eigenvalue weighted by atomic mass is 9.91. The zero-order valence-corrected chi connectivity index (χ0v) is 28.2. The minimum Gasteiger partial charge on any atom is -0.309 e. The van der Waals surface area contributed by atoms with E-state index in [9.17, 15) is 0 Å². The molecule has 0 aliphatic rings. The molecule has 2 aromatic heterocycles. The van der Waals surface area contributed by atoms with Crippen LogP contribution in [0.4, 0.5) is 5.69 Å². The largest absolute Gasteiger partial charge is 0.309 e. The smallest absolute Gasteiger partial charge is 0.202 e. The highest BCUT2D eigenvalue weighted by atomic mass is 15.0. The molecule has 3 heteroatoms. The van der Waals surface area contributed by atoms with Crippen LogP contribution < -0.4 is 0 Å². The number of benzene rings is 8. The van der Waals surface area contributed by atoms with Crippen molar-refractivity contribution >= 4 is 49.3 Å². The number of aromatic nitrogens is 2. The predicted molar refractivity (Wildman–Crippen MR) is 218 cm³/mol. The fourth-order valence-electron chi connectivity index (χ4n) is 8.05. The van der Waals surface area contributed by atoms with Gasteiger partial charge in [-0.1, -0.05) is 140 Å². The molecule has 0 radical (unpaired) electrons. The van der Waals surface area contributed by atoms with Crippen LogP contribution in [0.5, 0.6) is 0 Å². The molecule has 10 rings (SSSR count). The van der Waals surface area contributed by atoms with Crippen molar-refractivity contribution < 1.29 is 0 Å². The first-order chi connectivity index (χ1) is 25.8. The van der Waals surface area contributed by atoms with Crippen LogP contribution in [0.1, 0.15) is 0 Å². The van der Waals surface area contributed by atoms with E-state index in [-0.39, 0.29) is 0 Å². The summed E-state index contributed by atoms with van der Waals surface area (Å²) < 4.78 is 4.77. The molecule has 0 aliphatic heterocycles. The molecule has 0 bridgehead atoms. The van der Waals surface area contributed by atoms with Crippen LogP contribution in [-0.2, 0) is 0 Å². The minimum atomic E-state index is 0.654. The molecule has 242 valence electrons. The molecule has 10 aromatic rings. The van der Waals surface area contributed by atoms with E-state index >= 15 is 0 Å². The predicted octanol–water partition coefficient (Wildman–Crippen LogP) is 13.4. The Hall–Kier alpha value is -7.15. The maximum atomic E-state index is 8.48. The van der Waals surface area contributed by atoms with Crippen LogP contribution in [0.15, 0.2) is 188 Å². The van der Waals surface area contributed by atoms with Crippen LogP contribution >= 0.6 is 0 Å². The lowest BCUT2D eigenvalue weighted by Crippen LogP contribution is -1.94. The fourth-order valence-corrected chi connectivity index (χ4v) is 8.05. The van der Waals surface area contributed by atoms with E-state index in [1.54, 1.807) is 0 Å². The lowest BCUT2D eigenvalue weighted by molar-refractivity contribution is 1.17. The molecular formula is C49H31N3. The maximum Gasteiger partial charge on any atom is 0.202 e. The summed E-state index contributed by atoms with van der Waals surface area (Å²) in [6, 6.07) is 66.4. The number of hydrogen-bond acceptors (Lipinski definition) is 0. The molecule has 8 aromatic carbocycles. The van der Waals surface area contributed by atoms with Gasteiger partial charge in [0.25, 0.3) is 0 Å². The van der Waals surface area contributed by atoms with Gasteiger partial charge in [-0.05, 0) is 81.9 Å². The monoisotopic (exact) mass is 661 g/mol. The first kappa shape index (κ1) is 29.7. The molecule has 3 nitrogen and oxygen atoms in total. The van der Waals surface area contributed by atoms with E-state index in [2.05, 4.69) is 178 Å². The molecule has 0 unspecified atom stereocenters. The summed E-state index contributed by atoms with van der Waals surface area (Å²) in [7, 11) is 0. The number of hydrogen-bond donors (Lipinski definition) is 0. The van der Waals surface area contributed by atoms with Crippen molar-refractivity contribution in [3.8, 4) is 44.8 Å². The number of rotatable bonds is 5. The average Bonchev–Trinajstić information content (AvgIpc) is 3.74. The molecule has 0 N–H and O–H groups in total. The van der Waals surface area contributed by atoms with Crippen LogP contribution in [-0.4, -0.2) is 9.13 Å². The number of para-hydroxylation sites is 3. The van der Waals surface area contributed by atoms with Gasteiger partial charge in [0, 0.05) is 32.9 Å². The Bertz CT molecular complexity index is 2980. The van der Waals surface area contributed by atoms with Crippen molar-refractivity contribution in [1.82, 2.24) is 9.13 Å².